The lowest BCUT2D eigenvalue weighted by Crippen LogP contribution is -2.30. The second kappa shape index (κ2) is 3.14. The van der Waals surface area contributed by atoms with E-state index in [2.05, 4.69) is 25.2 Å². The number of amides is 1. The summed E-state index contributed by atoms with van der Waals surface area (Å²) >= 11 is 1.64. The highest BCUT2D eigenvalue weighted by Gasteiger charge is 2.20. The molecule has 3 heteroatoms. The first-order chi connectivity index (χ1) is 6.18. The van der Waals surface area contributed by atoms with Crippen LogP contribution in [0.2, 0.25) is 0 Å². The fourth-order valence-corrected chi connectivity index (χ4v) is 2.63. The quantitative estimate of drug-likeness (QED) is 0.731. The highest BCUT2D eigenvalue weighted by Crippen LogP contribution is 2.29. The Kier molecular flexibility index (Phi) is 2.12. The van der Waals surface area contributed by atoms with Crippen molar-refractivity contribution >= 4 is 17.2 Å². The average Bonchev–Trinajstić information content (AvgIpc) is 2.49. The van der Waals surface area contributed by atoms with E-state index in [1.165, 1.54) is 10.4 Å². The predicted octanol–water partition coefficient (Wildman–Crippen LogP) is 2.16. The van der Waals surface area contributed by atoms with Gasteiger partial charge >= 0.3 is 0 Å². The van der Waals surface area contributed by atoms with Crippen molar-refractivity contribution in [1.29, 1.82) is 0 Å². The van der Waals surface area contributed by atoms with Crippen molar-refractivity contribution in [3.63, 3.8) is 0 Å². The molecular weight excluding hydrogens is 182 g/mol. The molecule has 0 atom stereocenters. The van der Waals surface area contributed by atoms with Crippen molar-refractivity contribution in [3.8, 4) is 0 Å². The summed E-state index contributed by atoms with van der Waals surface area (Å²) < 4.78 is 0. The first kappa shape index (κ1) is 8.75. The molecular formula is C10H13NOS. The largest absolute Gasteiger partial charge is 0.351 e. The maximum Gasteiger partial charge on any atom is 0.261 e. The molecule has 1 aromatic rings. The fourth-order valence-electron chi connectivity index (χ4n) is 1.50. The lowest BCUT2D eigenvalue weighted by molar-refractivity contribution is 0.0950. The third-order valence-electron chi connectivity index (χ3n) is 2.28. The molecule has 0 saturated carbocycles. The van der Waals surface area contributed by atoms with Gasteiger partial charge in [0.1, 0.15) is 0 Å². The molecule has 2 heterocycles. The number of rotatable bonds is 1. The van der Waals surface area contributed by atoms with Crippen LogP contribution in [0.25, 0.3) is 0 Å². The van der Waals surface area contributed by atoms with Crippen LogP contribution >= 0.6 is 11.3 Å². The Morgan fingerprint density at radius 3 is 2.92 bits per heavy atom. The smallest absolute Gasteiger partial charge is 0.261 e. The summed E-state index contributed by atoms with van der Waals surface area (Å²) in [7, 11) is 0. The van der Waals surface area contributed by atoms with Gasteiger partial charge < -0.3 is 5.32 Å². The van der Waals surface area contributed by atoms with E-state index < -0.39 is 0 Å². The Labute approximate surface area is 82.0 Å². The normalized spacial score (nSPS) is 15.8. The highest BCUT2D eigenvalue weighted by molar-refractivity contribution is 7.14. The Balaban J connectivity index is 2.42. The van der Waals surface area contributed by atoms with Crippen LogP contribution in [0.5, 0.6) is 0 Å². The Hall–Kier alpha value is -0.830. The van der Waals surface area contributed by atoms with E-state index in [4.69, 9.17) is 0 Å². The monoisotopic (exact) mass is 195 g/mol. The van der Waals surface area contributed by atoms with E-state index in [9.17, 15) is 4.79 Å². The molecule has 0 aromatic carbocycles. The summed E-state index contributed by atoms with van der Waals surface area (Å²) in [4.78, 5) is 13.7. The molecule has 2 nitrogen and oxygen atoms in total. The van der Waals surface area contributed by atoms with Crippen molar-refractivity contribution in [3.05, 3.63) is 21.4 Å². The zero-order chi connectivity index (χ0) is 9.42. The van der Waals surface area contributed by atoms with Gasteiger partial charge in [-0.15, -0.1) is 11.3 Å². The molecule has 0 bridgehead atoms. The minimum Gasteiger partial charge on any atom is -0.351 e. The van der Waals surface area contributed by atoms with E-state index in [-0.39, 0.29) is 5.91 Å². The number of carbonyl (C=O) groups excluding carboxylic acids is 1. The first-order valence-corrected chi connectivity index (χ1v) is 5.41. The number of carbonyl (C=O) groups is 1. The van der Waals surface area contributed by atoms with Crippen LogP contribution in [0.15, 0.2) is 6.07 Å². The van der Waals surface area contributed by atoms with E-state index in [0.29, 0.717) is 5.92 Å². The first-order valence-electron chi connectivity index (χ1n) is 4.59. The van der Waals surface area contributed by atoms with Crippen molar-refractivity contribution in [1.82, 2.24) is 5.32 Å². The number of fused-ring (bicyclic) bond motifs is 1. The molecule has 1 aliphatic rings. The molecule has 1 N–H and O–H groups in total. The van der Waals surface area contributed by atoms with Gasteiger partial charge in [0.25, 0.3) is 5.91 Å². The Morgan fingerprint density at radius 1 is 1.54 bits per heavy atom. The van der Waals surface area contributed by atoms with Crippen LogP contribution in [-0.4, -0.2) is 12.5 Å². The van der Waals surface area contributed by atoms with Gasteiger partial charge in [-0.3, -0.25) is 4.79 Å². The van der Waals surface area contributed by atoms with Gasteiger partial charge in [0.2, 0.25) is 0 Å². The predicted molar refractivity (Wildman–Crippen MR) is 54.4 cm³/mol. The SMILES string of the molecule is CC(C)c1cc2c(s1)C(=O)NCC2. The fraction of sp³-hybridized carbons (Fsp3) is 0.500. The second-order valence-corrected chi connectivity index (χ2v) is 4.75. The molecule has 0 spiro atoms. The summed E-state index contributed by atoms with van der Waals surface area (Å²) in [5.74, 6) is 0.640. The summed E-state index contributed by atoms with van der Waals surface area (Å²) in [5, 5.41) is 2.86. The summed E-state index contributed by atoms with van der Waals surface area (Å²) in [6, 6.07) is 2.18. The van der Waals surface area contributed by atoms with Crippen LogP contribution in [-0.2, 0) is 6.42 Å². The van der Waals surface area contributed by atoms with Gasteiger partial charge in [-0.25, -0.2) is 0 Å². The van der Waals surface area contributed by atoms with Crippen LogP contribution in [0.3, 0.4) is 0 Å². The van der Waals surface area contributed by atoms with Gasteiger partial charge in [-0.1, -0.05) is 13.8 Å². The highest BCUT2D eigenvalue weighted by atomic mass is 32.1. The van der Waals surface area contributed by atoms with Gasteiger partial charge in [-0.2, -0.15) is 0 Å². The van der Waals surface area contributed by atoms with Gasteiger partial charge in [0, 0.05) is 11.4 Å². The topological polar surface area (TPSA) is 29.1 Å². The summed E-state index contributed by atoms with van der Waals surface area (Å²) in [5.41, 5.74) is 1.23. The van der Waals surface area contributed by atoms with E-state index in [1.807, 2.05) is 0 Å². The Bertz CT molecular complexity index is 341. The number of thiophene rings is 1. The van der Waals surface area contributed by atoms with Gasteiger partial charge in [0.15, 0.2) is 0 Å². The van der Waals surface area contributed by atoms with Crippen molar-refractivity contribution in [2.45, 2.75) is 26.2 Å². The van der Waals surface area contributed by atoms with E-state index in [0.717, 1.165) is 17.8 Å². The summed E-state index contributed by atoms with van der Waals surface area (Å²) in [6.45, 7) is 5.12. The molecule has 0 saturated heterocycles. The third-order valence-corrected chi connectivity index (χ3v) is 3.76. The van der Waals surface area contributed by atoms with Crippen molar-refractivity contribution in [2.75, 3.05) is 6.54 Å². The summed E-state index contributed by atoms with van der Waals surface area (Å²) in [6.07, 6.45) is 0.990. The number of nitrogens with one attached hydrogen (secondary N) is 1. The molecule has 0 fully saturated rings. The van der Waals surface area contributed by atoms with E-state index >= 15 is 0 Å². The maximum atomic E-state index is 11.4. The lowest BCUT2D eigenvalue weighted by atomic mass is 10.1. The minimum absolute atomic E-state index is 0.109. The van der Waals surface area contributed by atoms with Crippen LogP contribution in [0, 0.1) is 0 Å². The van der Waals surface area contributed by atoms with Crippen LogP contribution < -0.4 is 5.32 Å². The van der Waals surface area contributed by atoms with Gasteiger partial charge in [-0.05, 0) is 24.0 Å². The molecule has 13 heavy (non-hydrogen) atoms. The molecule has 0 aliphatic carbocycles. The van der Waals surface area contributed by atoms with Crippen LogP contribution in [0.1, 0.15) is 39.9 Å². The maximum absolute atomic E-state index is 11.4. The van der Waals surface area contributed by atoms with Crippen molar-refractivity contribution in [2.24, 2.45) is 0 Å². The molecule has 2 rings (SSSR count). The third kappa shape index (κ3) is 1.48. The molecule has 1 amide bonds. The average molecular weight is 195 g/mol. The standard InChI is InChI=1S/C10H13NOS/c1-6(2)8-5-7-3-4-11-10(12)9(7)13-8/h5-6H,3-4H2,1-2H3,(H,11,12). The lowest BCUT2D eigenvalue weighted by Gasteiger charge is -2.10. The molecule has 70 valence electrons. The number of hydrogen-bond donors (Lipinski definition) is 1. The minimum atomic E-state index is 0.109. The number of hydrogen-bond acceptors (Lipinski definition) is 2. The molecule has 1 aliphatic heterocycles. The van der Waals surface area contributed by atoms with Crippen molar-refractivity contribution < 1.29 is 4.79 Å². The van der Waals surface area contributed by atoms with Crippen LogP contribution in [0.4, 0.5) is 0 Å². The van der Waals surface area contributed by atoms with E-state index in [1.54, 1.807) is 11.3 Å². The van der Waals surface area contributed by atoms with Gasteiger partial charge in [0.05, 0.1) is 4.88 Å². The Morgan fingerprint density at radius 2 is 2.31 bits per heavy atom. The molecule has 1 aromatic heterocycles. The zero-order valence-corrected chi connectivity index (χ0v) is 8.70. The second-order valence-electron chi connectivity index (χ2n) is 3.66. The molecule has 0 unspecified atom stereocenters. The zero-order valence-electron chi connectivity index (χ0n) is 7.89. The molecule has 0 radical (unpaired) electrons.